The third kappa shape index (κ3) is 2.93. The monoisotopic (exact) mass is 363 g/mol. The van der Waals surface area contributed by atoms with E-state index in [0.29, 0.717) is 10.6 Å². The summed E-state index contributed by atoms with van der Waals surface area (Å²) < 4.78 is 44.0. The molecule has 1 saturated heterocycles. The summed E-state index contributed by atoms with van der Waals surface area (Å²) in [7, 11) is 0. The molecule has 0 radical (unpaired) electrons. The van der Waals surface area contributed by atoms with Crippen molar-refractivity contribution in [2.45, 2.75) is 30.7 Å². The van der Waals surface area contributed by atoms with E-state index in [4.69, 9.17) is 9.84 Å². The molecule has 0 bridgehead atoms. The fourth-order valence-electron chi connectivity index (χ4n) is 2.56. The van der Waals surface area contributed by atoms with Gasteiger partial charge in [-0.3, -0.25) is 9.36 Å². The first-order valence-electron chi connectivity index (χ1n) is 6.99. The highest BCUT2D eigenvalue weighted by molar-refractivity contribution is 5.73. The van der Waals surface area contributed by atoms with Crippen molar-refractivity contribution in [3.8, 4) is 0 Å². The van der Waals surface area contributed by atoms with Crippen LogP contribution in [0.25, 0.3) is 11.0 Å². The quantitative estimate of drug-likeness (QED) is 0.521. The Labute approximate surface area is 135 Å². The van der Waals surface area contributed by atoms with E-state index in [9.17, 15) is 33.0 Å². The summed E-state index contributed by atoms with van der Waals surface area (Å²) >= 11 is 0. The van der Waals surface area contributed by atoms with Gasteiger partial charge in [0.25, 0.3) is 0 Å². The van der Waals surface area contributed by atoms with Crippen LogP contribution in [0.4, 0.5) is 13.2 Å². The van der Waals surface area contributed by atoms with Crippen LogP contribution in [0.2, 0.25) is 0 Å². The number of aromatic nitrogens is 3. The van der Waals surface area contributed by atoms with Gasteiger partial charge in [0, 0.05) is 12.3 Å². The van der Waals surface area contributed by atoms with Gasteiger partial charge in [0.05, 0.1) is 12.0 Å². The lowest BCUT2D eigenvalue weighted by Crippen LogP contribution is -2.36. The number of hydrogen-bond acceptors (Lipinski definition) is 7. The lowest BCUT2D eigenvalue weighted by atomic mass is 10.1. The van der Waals surface area contributed by atoms with Crippen LogP contribution < -0.4 is 11.1 Å². The number of halogens is 3. The van der Waals surface area contributed by atoms with Crippen LogP contribution in [0.5, 0.6) is 0 Å². The number of fused-ring (bicyclic) bond motifs is 1. The SMILES string of the molecule is O=c1cc(C(F)(F)F)[nH]c2nc(=O)n([C@@H]3O[C@H](CO)C(O)[C@@H]3O)cc12. The first-order valence-corrected chi connectivity index (χ1v) is 6.99. The molecule has 1 fully saturated rings. The second kappa shape index (κ2) is 5.91. The Morgan fingerprint density at radius 1 is 1.28 bits per heavy atom. The Bertz CT molecular complexity index is 924. The molecule has 3 heterocycles. The Morgan fingerprint density at radius 3 is 2.52 bits per heavy atom. The van der Waals surface area contributed by atoms with Crippen LogP contribution >= 0.6 is 0 Å². The molecule has 4 atom stereocenters. The molecule has 9 nitrogen and oxygen atoms in total. The van der Waals surface area contributed by atoms with Crippen molar-refractivity contribution in [1.82, 2.24) is 14.5 Å². The number of nitrogens with zero attached hydrogens (tertiary/aromatic N) is 2. The molecule has 3 rings (SSSR count). The van der Waals surface area contributed by atoms with E-state index in [1.54, 1.807) is 0 Å². The van der Waals surface area contributed by atoms with Gasteiger partial charge < -0.3 is 25.0 Å². The lowest BCUT2D eigenvalue weighted by molar-refractivity contribution is -0.141. The maximum Gasteiger partial charge on any atom is 0.431 e. The van der Waals surface area contributed by atoms with Gasteiger partial charge in [0.1, 0.15) is 29.7 Å². The maximum atomic E-state index is 12.7. The van der Waals surface area contributed by atoms with Crippen LogP contribution in [-0.2, 0) is 10.9 Å². The van der Waals surface area contributed by atoms with Crippen molar-refractivity contribution in [1.29, 1.82) is 0 Å². The summed E-state index contributed by atoms with van der Waals surface area (Å²) in [6.07, 6.45) is -9.69. The van der Waals surface area contributed by atoms with E-state index in [-0.39, 0.29) is 5.39 Å². The van der Waals surface area contributed by atoms with Crippen molar-refractivity contribution in [2.24, 2.45) is 0 Å². The number of nitrogens with one attached hydrogen (secondary N) is 1. The highest BCUT2D eigenvalue weighted by Crippen LogP contribution is 2.29. The average molecular weight is 363 g/mol. The van der Waals surface area contributed by atoms with E-state index in [0.717, 1.165) is 6.20 Å². The van der Waals surface area contributed by atoms with Crippen LogP contribution in [0.1, 0.15) is 11.9 Å². The molecule has 4 N–H and O–H groups in total. The molecule has 1 unspecified atom stereocenters. The van der Waals surface area contributed by atoms with Gasteiger partial charge in [0.15, 0.2) is 11.7 Å². The minimum atomic E-state index is -4.83. The first kappa shape index (κ1) is 17.5. The number of aliphatic hydroxyl groups excluding tert-OH is 3. The minimum Gasteiger partial charge on any atom is -0.394 e. The molecule has 136 valence electrons. The van der Waals surface area contributed by atoms with Crippen LogP contribution in [0.15, 0.2) is 21.9 Å². The zero-order valence-corrected chi connectivity index (χ0v) is 12.3. The lowest BCUT2D eigenvalue weighted by Gasteiger charge is -2.17. The zero-order chi connectivity index (χ0) is 18.5. The summed E-state index contributed by atoms with van der Waals surface area (Å²) in [5.41, 5.74) is -4.10. The molecule has 2 aromatic heterocycles. The van der Waals surface area contributed by atoms with Gasteiger partial charge >= 0.3 is 11.9 Å². The molecular formula is C13H12F3N3O6. The molecule has 2 aromatic rings. The summed E-state index contributed by atoms with van der Waals surface area (Å²) in [6.45, 7) is -0.639. The predicted octanol–water partition coefficient (Wildman–Crippen LogP) is -1.28. The molecule has 25 heavy (non-hydrogen) atoms. The standard InChI is InChI=1S/C13H12F3N3O6/c14-13(15,16)7-1-5(21)4-2-19(12(24)18-10(4)17-7)11-9(23)8(22)6(3-20)25-11/h1-2,6,8-9,11,20,22-23H,3H2,(H,17,18,24)/t6-,8?,9+,11-/m1/s1. The van der Waals surface area contributed by atoms with Crippen LogP contribution in [0, 0.1) is 0 Å². The number of alkyl halides is 3. The van der Waals surface area contributed by atoms with E-state index >= 15 is 0 Å². The van der Waals surface area contributed by atoms with E-state index in [1.807, 2.05) is 4.98 Å². The predicted molar refractivity (Wildman–Crippen MR) is 74.6 cm³/mol. The summed E-state index contributed by atoms with van der Waals surface area (Å²) in [5.74, 6) is 0. The second-order valence-electron chi connectivity index (χ2n) is 5.47. The van der Waals surface area contributed by atoms with Gasteiger partial charge in [-0.1, -0.05) is 0 Å². The highest BCUT2D eigenvalue weighted by atomic mass is 19.4. The number of aromatic amines is 1. The van der Waals surface area contributed by atoms with Crippen LogP contribution in [-0.4, -0.2) is 54.8 Å². The van der Waals surface area contributed by atoms with Gasteiger partial charge in [-0.2, -0.15) is 18.2 Å². The van der Waals surface area contributed by atoms with Gasteiger partial charge in [-0.05, 0) is 0 Å². The van der Waals surface area contributed by atoms with Crippen molar-refractivity contribution in [3.63, 3.8) is 0 Å². The number of pyridine rings is 1. The van der Waals surface area contributed by atoms with Gasteiger partial charge in [-0.25, -0.2) is 4.79 Å². The number of hydrogen-bond donors (Lipinski definition) is 4. The van der Waals surface area contributed by atoms with Crippen molar-refractivity contribution in [2.75, 3.05) is 6.61 Å². The molecule has 1 aliphatic rings. The fourth-order valence-corrected chi connectivity index (χ4v) is 2.56. The van der Waals surface area contributed by atoms with Crippen LogP contribution in [0.3, 0.4) is 0 Å². The molecule has 0 spiro atoms. The van der Waals surface area contributed by atoms with Crippen molar-refractivity contribution >= 4 is 11.0 Å². The number of ether oxygens (including phenoxy) is 1. The maximum absolute atomic E-state index is 12.7. The number of rotatable bonds is 2. The van der Waals surface area contributed by atoms with E-state index in [2.05, 4.69) is 4.98 Å². The summed E-state index contributed by atoms with van der Waals surface area (Å²) in [4.78, 5) is 29.2. The Morgan fingerprint density at radius 2 is 1.96 bits per heavy atom. The Hall–Kier alpha value is -2.28. The third-order valence-electron chi connectivity index (χ3n) is 3.84. The largest absolute Gasteiger partial charge is 0.431 e. The van der Waals surface area contributed by atoms with Gasteiger partial charge in [0.2, 0.25) is 0 Å². The zero-order valence-electron chi connectivity index (χ0n) is 12.3. The Kier molecular flexibility index (Phi) is 4.15. The molecule has 12 heteroatoms. The van der Waals surface area contributed by atoms with E-state index in [1.165, 1.54) is 0 Å². The molecule has 0 amide bonds. The second-order valence-corrected chi connectivity index (χ2v) is 5.47. The highest BCUT2D eigenvalue weighted by Gasteiger charge is 2.44. The molecular weight excluding hydrogens is 351 g/mol. The summed E-state index contributed by atoms with van der Waals surface area (Å²) in [5, 5.41) is 28.3. The normalized spacial score (nSPS) is 27.1. The topological polar surface area (TPSA) is 138 Å². The molecule has 0 aliphatic carbocycles. The van der Waals surface area contributed by atoms with Crippen molar-refractivity contribution < 1.29 is 33.2 Å². The first-order chi connectivity index (χ1) is 11.6. The van der Waals surface area contributed by atoms with E-state index < -0.39 is 59.8 Å². The van der Waals surface area contributed by atoms with Gasteiger partial charge in [-0.15, -0.1) is 0 Å². The summed E-state index contributed by atoms with van der Waals surface area (Å²) in [6, 6.07) is 0.316. The Balaban J connectivity index is 2.14. The molecule has 1 aliphatic heterocycles. The average Bonchev–Trinajstić information content (AvgIpc) is 2.81. The molecule has 0 aromatic carbocycles. The number of H-pyrrole nitrogens is 1. The smallest absolute Gasteiger partial charge is 0.394 e. The third-order valence-corrected chi connectivity index (χ3v) is 3.84. The molecule has 0 saturated carbocycles. The minimum absolute atomic E-state index is 0.316. The number of aliphatic hydroxyl groups is 3. The van der Waals surface area contributed by atoms with Crippen molar-refractivity contribution in [3.05, 3.63) is 38.7 Å². The fraction of sp³-hybridized carbons (Fsp3) is 0.462.